The van der Waals surface area contributed by atoms with Gasteiger partial charge in [-0.3, -0.25) is 4.79 Å². The zero-order valence-electron chi connectivity index (χ0n) is 14.7. The minimum Gasteiger partial charge on any atom is -0.465 e. The molecule has 0 bridgehead atoms. The molecule has 25 heavy (non-hydrogen) atoms. The minimum atomic E-state index is -0.577. The number of benzene rings is 1. The van der Waals surface area contributed by atoms with Gasteiger partial charge in [0.25, 0.3) is 0 Å². The summed E-state index contributed by atoms with van der Waals surface area (Å²) < 4.78 is 6.81. The molecule has 1 aliphatic rings. The van der Waals surface area contributed by atoms with Gasteiger partial charge in [0.05, 0.1) is 7.11 Å². The summed E-state index contributed by atoms with van der Waals surface area (Å²) in [5.41, 5.74) is 2.34. The molecule has 1 aliphatic heterocycles. The molecule has 0 radical (unpaired) electrons. The van der Waals surface area contributed by atoms with E-state index in [1.807, 2.05) is 53.7 Å². The molecule has 132 valence electrons. The van der Waals surface area contributed by atoms with Crippen molar-refractivity contribution in [2.75, 3.05) is 18.6 Å². The summed E-state index contributed by atoms with van der Waals surface area (Å²) in [5, 5.41) is 0. The fourth-order valence-corrected chi connectivity index (χ4v) is 4.36. The first-order valence-corrected chi connectivity index (χ1v) is 9.71. The number of carbonyl (C=O) groups excluding carboxylic acids is 1. The van der Waals surface area contributed by atoms with E-state index in [9.17, 15) is 9.59 Å². The number of thioether (sulfide) groups is 1. The fraction of sp³-hybridized carbons (Fsp3) is 0.400. The third kappa shape index (κ3) is 4.15. The Balaban J connectivity index is 2.03. The molecule has 2 heterocycles. The second-order valence-electron chi connectivity index (χ2n) is 6.52. The Hall–Kier alpha value is -2.01. The normalized spacial score (nSPS) is 15.1. The van der Waals surface area contributed by atoms with Gasteiger partial charge in [0.15, 0.2) is 0 Å². The van der Waals surface area contributed by atoms with Crippen LogP contribution in [-0.2, 0) is 11.3 Å². The highest BCUT2D eigenvalue weighted by atomic mass is 32.2. The Morgan fingerprint density at radius 2 is 1.88 bits per heavy atom. The Labute approximate surface area is 152 Å². The monoisotopic (exact) mass is 357 g/mol. The van der Waals surface area contributed by atoms with Crippen molar-refractivity contribution in [2.24, 2.45) is 5.92 Å². The lowest BCUT2D eigenvalue weighted by Crippen LogP contribution is -2.23. The highest BCUT2D eigenvalue weighted by Gasteiger charge is 2.19. The Morgan fingerprint density at radius 3 is 2.52 bits per heavy atom. The van der Waals surface area contributed by atoms with Gasteiger partial charge in [-0.2, -0.15) is 11.8 Å². The molecule has 2 aromatic rings. The number of hydrogen-bond donors (Lipinski definition) is 0. The zero-order valence-corrected chi connectivity index (χ0v) is 15.5. The maximum atomic E-state index is 12.8. The van der Waals surface area contributed by atoms with Gasteiger partial charge in [0.1, 0.15) is 5.56 Å². The number of esters is 1. The molecule has 4 nitrogen and oxygen atoms in total. The van der Waals surface area contributed by atoms with Gasteiger partial charge in [-0.25, -0.2) is 4.79 Å². The van der Waals surface area contributed by atoms with E-state index in [2.05, 4.69) is 0 Å². The second kappa shape index (κ2) is 7.91. The number of ether oxygens (including phenoxy) is 1. The van der Waals surface area contributed by atoms with Crippen molar-refractivity contribution in [1.82, 2.24) is 4.57 Å². The van der Waals surface area contributed by atoms with Crippen LogP contribution in [0.15, 0.2) is 41.5 Å². The van der Waals surface area contributed by atoms with Gasteiger partial charge in [-0.1, -0.05) is 29.8 Å². The zero-order chi connectivity index (χ0) is 17.8. The first-order chi connectivity index (χ1) is 12.1. The number of methoxy groups -OCH3 is 1. The van der Waals surface area contributed by atoms with Crippen LogP contribution < -0.4 is 5.43 Å². The van der Waals surface area contributed by atoms with Crippen molar-refractivity contribution < 1.29 is 9.53 Å². The van der Waals surface area contributed by atoms with Crippen LogP contribution in [0.2, 0.25) is 0 Å². The topological polar surface area (TPSA) is 48.3 Å². The van der Waals surface area contributed by atoms with Gasteiger partial charge in [-0.15, -0.1) is 0 Å². The van der Waals surface area contributed by atoms with E-state index >= 15 is 0 Å². The first-order valence-electron chi connectivity index (χ1n) is 8.55. The van der Waals surface area contributed by atoms with E-state index < -0.39 is 5.97 Å². The Morgan fingerprint density at radius 1 is 1.20 bits per heavy atom. The van der Waals surface area contributed by atoms with Gasteiger partial charge in [-0.05, 0) is 42.8 Å². The van der Waals surface area contributed by atoms with Crippen LogP contribution in [-0.4, -0.2) is 29.2 Å². The predicted molar refractivity (Wildman–Crippen MR) is 102 cm³/mol. The molecule has 1 saturated heterocycles. The lowest BCUT2D eigenvalue weighted by Gasteiger charge is -2.23. The molecule has 0 spiro atoms. The average molecular weight is 357 g/mol. The lowest BCUT2D eigenvalue weighted by atomic mass is 10.0. The molecule has 0 atom stereocenters. The first kappa shape index (κ1) is 17.8. The van der Waals surface area contributed by atoms with E-state index in [1.165, 1.54) is 31.5 Å². The van der Waals surface area contributed by atoms with E-state index in [-0.39, 0.29) is 11.0 Å². The van der Waals surface area contributed by atoms with Gasteiger partial charge < -0.3 is 9.30 Å². The van der Waals surface area contributed by atoms with Crippen LogP contribution in [0.4, 0.5) is 0 Å². The van der Waals surface area contributed by atoms with Gasteiger partial charge >= 0.3 is 5.97 Å². The molecule has 1 fully saturated rings. The Bertz CT molecular complexity index is 805. The quantitative estimate of drug-likeness (QED) is 0.782. The number of carbonyl (C=O) groups is 1. The number of rotatable bonds is 4. The molecule has 0 amide bonds. The molecule has 1 aromatic carbocycles. The molecule has 0 N–H and O–H groups in total. The van der Waals surface area contributed by atoms with Crippen LogP contribution in [0, 0.1) is 12.8 Å². The molecular formula is C20H23NO3S. The largest absolute Gasteiger partial charge is 0.465 e. The molecule has 0 aliphatic carbocycles. The van der Waals surface area contributed by atoms with E-state index in [1.54, 1.807) is 6.20 Å². The third-order valence-electron chi connectivity index (χ3n) is 4.66. The highest BCUT2D eigenvalue weighted by Crippen LogP contribution is 2.25. The van der Waals surface area contributed by atoms with Crippen LogP contribution in [0.5, 0.6) is 0 Å². The van der Waals surface area contributed by atoms with Crippen molar-refractivity contribution in [3.63, 3.8) is 0 Å². The Kier molecular flexibility index (Phi) is 5.63. The predicted octanol–water partition coefficient (Wildman–Crippen LogP) is 3.75. The lowest BCUT2D eigenvalue weighted by molar-refractivity contribution is 0.0598. The smallest absolute Gasteiger partial charge is 0.343 e. The maximum Gasteiger partial charge on any atom is 0.343 e. The van der Waals surface area contributed by atoms with E-state index in [4.69, 9.17) is 4.74 Å². The summed E-state index contributed by atoms with van der Waals surface area (Å²) in [6.07, 6.45) is 5.86. The summed E-state index contributed by atoms with van der Waals surface area (Å²) in [5.74, 6) is 2.37. The van der Waals surface area contributed by atoms with Crippen molar-refractivity contribution in [3.05, 3.63) is 58.0 Å². The molecule has 5 heteroatoms. The summed E-state index contributed by atoms with van der Waals surface area (Å²) >= 11 is 1.99. The highest BCUT2D eigenvalue weighted by molar-refractivity contribution is 7.99. The molecular weight excluding hydrogens is 334 g/mol. The number of aromatic nitrogens is 1. The summed E-state index contributed by atoms with van der Waals surface area (Å²) in [4.78, 5) is 24.9. The fourth-order valence-electron chi connectivity index (χ4n) is 3.16. The minimum absolute atomic E-state index is 0.103. The number of aryl methyl sites for hydroxylation is 1. The standard InChI is InChI=1S/C20H23NO3S/c1-14-3-5-16(6-4-14)17-12-21(11-15-7-9-25-10-8-15)13-18(19(17)22)20(23)24-2/h3-6,12-13,15H,7-11H2,1-2H3. The summed E-state index contributed by atoms with van der Waals surface area (Å²) in [7, 11) is 1.31. The van der Waals surface area contributed by atoms with Crippen LogP contribution >= 0.6 is 11.8 Å². The van der Waals surface area contributed by atoms with Crippen LogP contribution in [0.3, 0.4) is 0 Å². The summed E-state index contributed by atoms with van der Waals surface area (Å²) in [6.45, 7) is 2.83. The molecule has 0 saturated carbocycles. The van der Waals surface area contributed by atoms with Crippen molar-refractivity contribution >= 4 is 17.7 Å². The number of hydrogen-bond acceptors (Lipinski definition) is 4. The van der Waals surface area contributed by atoms with E-state index in [0.29, 0.717) is 11.5 Å². The van der Waals surface area contributed by atoms with Gasteiger partial charge in [0.2, 0.25) is 5.43 Å². The SMILES string of the molecule is COC(=O)c1cn(CC2CCSCC2)cc(-c2ccc(C)cc2)c1=O. The average Bonchev–Trinajstić information content (AvgIpc) is 2.64. The van der Waals surface area contributed by atoms with Crippen molar-refractivity contribution in [3.8, 4) is 11.1 Å². The van der Waals surface area contributed by atoms with Crippen molar-refractivity contribution in [1.29, 1.82) is 0 Å². The van der Waals surface area contributed by atoms with Gasteiger partial charge in [0, 0.05) is 24.5 Å². The third-order valence-corrected chi connectivity index (χ3v) is 5.71. The molecule has 0 unspecified atom stereocenters. The van der Waals surface area contributed by atoms with E-state index in [0.717, 1.165) is 17.7 Å². The van der Waals surface area contributed by atoms with Crippen LogP contribution in [0.1, 0.15) is 28.8 Å². The second-order valence-corrected chi connectivity index (χ2v) is 7.75. The number of nitrogens with zero attached hydrogens (tertiary/aromatic N) is 1. The van der Waals surface area contributed by atoms with Crippen molar-refractivity contribution in [2.45, 2.75) is 26.3 Å². The maximum absolute atomic E-state index is 12.8. The molecule has 1 aromatic heterocycles. The van der Waals surface area contributed by atoms with Crippen LogP contribution in [0.25, 0.3) is 11.1 Å². The molecule has 3 rings (SSSR count). The summed E-state index contributed by atoms with van der Waals surface area (Å²) in [6, 6.07) is 7.80. The number of pyridine rings is 1.